The van der Waals surface area contributed by atoms with Gasteiger partial charge in [0, 0.05) is 12.1 Å². The number of carbonyl (C=O) groups excluding carboxylic acids is 1. The monoisotopic (exact) mass is 518 g/mol. The number of amides is 1. The Labute approximate surface area is 216 Å². The molecule has 0 spiro atoms. The Hall–Kier alpha value is -3.72. The fraction of sp³-hybridized carbons (Fsp3) is 0.321. The van der Waals surface area contributed by atoms with Gasteiger partial charge in [0.05, 0.1) is 47.0 Å². The highest BCUT2D eigenvalue weighted by Crippen LogP contribution is 2.32. The highest BCUT2D eigenvalue weighted by Gasteiger charge is 2.32. The number of nitrogens with one attached hydrogen (secondary N) is 1. The van der Waals surface area contributed by atoms with E-state index in [2.05, 4.69) is 10.4 Å². The Kier molecular flexibility index (Phi) is 6.72. The molecule has 2 aromatic carbocycles. The Morgan fingerprint density at radius 3 is 2.49 bits per heavy atom. The summed E-state index contributed by atoms with van der Waals surface area (Å²) >= 11 is 0. The Morgan fingerprint density at radius 1 is 1.11 bits per heavy atom. The largest absolute Gasteiger partial charge is 0.497 e. The second-order valence-electron chi connectivity index (χ2n) is 9.56. The summed E-state index contributed by atoms with van der Waals surface area (Å²) in [5.74, 6) is 0.742. The molecule has 37 heavy (non-hydrogen) atoms. The topological polar surface area (TPSA) is 103 Å². The predicted octanol–water partition coefficient (Wildman–Crippen LogP) is 4.06. The first-order chi connectivity index (χ1) is 17.7. The van der Waals surface area contributed by atoms with Crippen molar-refractivity contribution in [3.63, 3.8) is 0 Å². The number of ether oxygens (including phenoxy) is 1. The fourth-order valence-corrected chi connectivity index (χ4v) is 6.49. The number of hydrogen-bond donors (Lipinski definition) is 1. The molecule has 1 saturated heterocycles. The number of aryl methyl sites for hydroxylation is 2. The lowest BCUT2D eigenvalue weighted by Gasteiger charge is -2.13. The van der Waals surface area contributed by atoms with Gasteiger partial charge >= 0.3 is 0 Å². The summed E-state index contributed by atoms with van der Waals surface area (Å²) in [5.41, 5.74) is 5.42. The van der Waals surface area contributed by atoms with Crippen LogP contribution in [0.3, 0.4) is 0 Å². The van der Waals surface area contributed by atoms with E-state index in [0.717, 1.165) is 22.4 Å². The average molecular weight is 519 g/mol. The molecule has 2 aromatic heterocycles. The van der Waals surface area contributed by atoms with Crippen molar-refractivity contribution < 1.29 is 17.9 Å². The van der Waals surface area contributed by atoms with Gasteiger partial charge in [-0.15, -0.1) is 0 Å². The number of methoxy groups -OCH3 is 1. The first-order valence-corrected chi connectivity index (χ1v) is 14.1. The van der Waals surface area contributed by atoms with Gasteiger partial charge in [0.25, 0.3) is 5.91 Å². The minimum atomic E-state index is -3.12. The van der Waals surface area contributed by atoms with Gasteiger partial charge in [-0.2, -0.15) is 5.10 Å². The molecule has 1 fully saturated rings. The first-order valence-electron chi connectivity index (χ1n) is 12.3. The van der Waals surface area contributed by atoms with Crippen LogP contribution in [0.25, 0.3) is 22.3 Å². The molecule has 1 N–H and O–H groups in total. The molecule has 8 nitrogen and oxygen atoms in total. The van der Waals surface area contributed by atoms with Crippen molar-refractivity contribution in [2.24, 2.45) is 0 Å². The van der Waals surface area contributed by atoms with Gasteiger partial charge in [0.15, 0.2) is 15.5 Å². The highest BCUT2D eigenvalue weighted by molar-refractivity contribution is 7.91. The molecule has 0 bridgehead atoms. The number of rotatable bonds is 7. The zero-order chi connectivity index (χ0) is 26.2. The Morgan fingerprint density at radius 2 is 1.84 bits per heavy atom. The van der Waals surface area contributed by atoms with Gasteiger partial charge in [-0.1, -0.05) is 42.0 Å². The van der Waals surface area contributed by atoms with E-state index in [4.69, 9.17) is 9.72 Å². The van der Waals surface area contributed by atoms with Crippen molar-refractivity contribution in [3.05, 3.63) is 77.0 Å². The molecule has 9 heteroatoms. The first kappa shape index (κ1) is 25.0. The van der Waals surface area contributed by atoms with E-state index in [0.29, 0.717) is 47.4 Å². The SMILES string of the molecule is COc1ccc(CCNC(=O)c2cc(-c3ccc(C)cc3)nc3c2c(C)nn3C2CCS(=O)(=O)C2)cc1. The van der Waals surface area contributed by atoms with Crippen molar-refractivity contribution in [2.45, 2.75) is 32.7 Å². The molecule has 1 atom stereocenters. The summed E-state index contributed by atoms with van der Waals surface area (Å²) < 4.78 is 31.3. The van der Waals surface area contributed by atoms with Crippen LogP contribution >= 0.6 is 0 Å². The van der Waals surface area contributed by atoms with Gasteiger partial charge < -0.3 is 10.1 Å². The summed E-state index contributed by atoms with van der Waals surface area (Å²) in [4.78, 5) is 18.4. The lowest BCUT2D eigenvalue weighted by atomic mass is 10.0. The highest BCUT2D eigenvalue weighted by atomic mass is 32.2. The molecule has 3 heterocycles. The Bertz CT molecular complexity index is 1560. The molecule has 0 radical (unpaired) electrons. The van der Waals surface area contributed by atoms with Crippen molar-refractivity contribution in [1.29, 1.82) is 0 Å². The van der Waals surface area contributed by atoms with Gasteiger partial charge in [-0.3, -0.25) is 4.79 Å². The van der Waals surface area contributed by atoms with Crippen LogP contribution in [0.4, 0.5) is 0 Å². The molecule has 0 aliphatic carbocycles. The van der Waals surface area contributed by atoms with E-state index >= 15 is 0 Å². The average Bonchev–Trinajstić information content (AvgIpc) is 3.42. The molecule has 1 aliphatic heterocycles. The molecule has 192 valence electrons. The minimum Gasteiger partial charge on any atom is -0.497 e. The van der Waals surface area contributed by atoms with Crippen LogP contribution in [-0.4, -0.2) is 54.2 Å². The maximum Gasteiger partial charge on any atom is 0.252 e. The standard InChI is InChI=1S/C28H30N4O4S/c1-18-4-8-21(9-5-18)25-16-24(28(33)29-14-12-20-6-10-23(36-3)11-7-20)26-19(2)31-32(27(26)30-25)22-13-15-37(34,35)17-22/h4-11,16,22H,12-15,17H2,1-3H3,(H,29,33). The molecule has 0 saturated carbocycles. The molecular formula is C28H30N4O4S. The van der Waals surface area contributed by atoms with Crippen LogP contribution in [0.1, 0.15) is 39.6 Å². The van der Waals surface area contributed by atoms with E-state index in [1.54, 1.807) is 17.9 Å². The van der Waals surface area contributed by atoms with Crippen LogP contribution in [0.5, 0.6) is 5.75 Å². The predicted molar refractivity (Wildman–Crippen MR) is 144 cm³/mol. The van der Waals surface area contributed by atoms with Crippen LogP contribution < -0.4 is 10.1 Å². The number of benzene rings is 2. The lowest BCUT2D eigenvalue weighted by Crippen LogP contribution is -2.26. The normalized spacial score (nSPS) is 16.7. The van der Waals surface area contributed by atoms with Crippen LogP contribution in [0.15, 0.2) is 54.6 Å². The number of nitrogens with zero attached hydrogens (tertiary/aromatic N) is 3. The maximum absolute atomic E-state index is 13.5. The Balaban J connectivity index is 1.50. The summed E-state index contributed by atoms with van der Waals surface area (Å²) in [6.07, 6.45) is 1.16. The molecule has 4 aromatic rings. The smallest absolute Gasteiger partial charge is 0.252 e. The third-order valence-corrected chi connectivity index (χ3v) is 8.59. The number of sulfone groups is 1. The van der Waals surface area contributed by atoms with Crippen molar-refractivity contribution in [2.75, 3.05) is 25.2 Å². The second-order valence-corrected chi connectivity index (χ2v) is 11.8. The summed E-state index contributed by atoms with van der Waals surface area (Å²) in [7, 11) is -1.48. The third-order valence-electron chi connectivity index (χ3n) is 6.84. The van der Waals surface area contributed by atoms with Crippen LogP contribution in [0.2, 0.25) is 0 Å². The van der Waals surface area contributed by atoms with E-state index in [-0.39, 0.29) is 23.5 Å². The zero-order valence-corrected chi connectivity index (χ0v) is 22.0. The zero-order valence-electron chi connectivity index (χ0n) is 21.2. The molecule has 1 amide bonds. The number of hydrogen-bond acceptors (Lipinski definition) is 6. The van der Waals surface area contributed by atoms with Gasteiger partial charge in [0.1, 0.15) is 5.75 Å². The minimum absolute atomic E-state index is 0.0308. The lowest BCUT2D eigenvalue weighted by molar-refractivity contribution is 0.0955. The van der Waals surface area contributed by atoms with Gasteiger partial charge in [-0.05, 0) is 50.5 Å². The molecular weight excluding hydrogens is 488 g/mol. The number of fused-ring (bicyclic) bond motifs is 1. The number of aromatic nitrogens is 3. The number of pyridine rings is 1. The van der Waals surface area contributed by atoms with Gasteiger partial charge in [-0.25, -0.2) is 18.1 Å². The fourth-order valence-electron chi connectivity index (χ4n) is 4.79. The third kappa shape index (κ3) is 5.22. The number of carbonyl (C=O) groups is 1. The van der Waals surface area contributed by atoms with E-state index in [1.165, 1.54) is 0 Å². The van der Waals surface area contributed by atoms with E-state index < -0.39 is 9.84 Å². The van der Waals surface area contributed by atoms with E-state index in [1.807, 2.05) is 62.4 Å². The maximum atomic E-state index is 13.5. The van der Waals surface area contributed by atoms with Crippen molar-refractivity contribution in [1.82, 2.24) is 20.1 Å². The van der Waals surface area contributed by atoms with Crippen molar-refractivity contribution in [3.8, 4) is 17.0 Å². The molecule has 1 unspecified atom stereocenters. The van der Waals surface area contributed by atoms with E-state index in [9.17, 15) is 13.2 Å². The summed E-state index contributed by atoms with van der Waals surface area (Å²) in [6.45, 7) is 4.31. The quantitative estimate of drug-likeness (QED) is 0.396. The summed E-state index contributed by atoms with van der Waals surface area (Å²) in [6, 6.07) is 17.2. The van der Waals surface area contributed by atoms with Crippen LogP contribution in [0, 0.1) is 13.8 Å². The van der Waals surface area contributed by atoms with Crippen molar-refractivity contribution >= 4 is 26.8 Å². The van der Waals surface area contributed by atoms with Gasteiger partial charge in [0.2, 0.25) is 0 Å². The molecule has 5 rings (SSSR count). The van der Waals surface area contributed by atoms with Crippen LogP contribution in [-0.2, 0) is 16.3 Å². The second kappa shape index (κ2) is 9.97. The summed E-state index contributed by atoms with van der Waals surface area (Å²) in [5, 5.41) is 8.37. The molecule has 1 aliphatic rings.